The second-order valence-electron chi connectivity index (χ2n) is 5.82. The molecule has 27 heavy (non-hydrogen) atoms. The van der Waals surface area contributed by atoms with Gasteiger partial charge in [-0.2, -0.15) is 0 Å². The Morgan fingerprint density at radius 2 is 1.70 bits per heavy atom. The van der Waals surface area contributed by atoms with Crippen LogP contribution < -0.4 is 5.32 Å². The summed E-state index contributed by atoms with van der Waals surface area (Å²) in [4.78, 5) is 31.2. The first-order valence-electron chi connectivity index (χ1n) is 8.34. The number of hydrogen-bond donors (Lipinski definition) is 1. The summed E-state index contributed by atoms with van der Waals surface area (Å²) in [7, 11) is 0. The molecule has 0 aliphatic carbocycles. The van der Waals surface area contributed by atoms with Crippen molar-refractivity contribution in [3.63, 3.8) is 0 Å². The maximum Gasteiger partial charge on any atom is 0.242 e. The average molecular weight is 511 g/mol. The van der Waals surface area contributed by atoms with E-state index in [0.29, 0.717) is 17.4 Å². The molecule has 8 heteroatoms. The van der Waals surface area contributed by atoms with Gasteiger partial charge in [0.05, 0.1) is 5.69 Å². The Morgan fingerprint density at radius 1 is 1.11 bits per heavy atom. The van der Waals surface area contributed by atoms with E-state index in [2.05, 4.69) is 42.2 Å². The number of anilines is 1. The Bertz CT molecular complexity index is 870. The number of thioether (sulfide) groups is 1. The lowest BCUT2D eigenvalue weighted by molar-refractivity contribution is -0.128. The summed E-state index contributed by atoms with van der Waals surface area (Å²) >= 11 is 8.09. The van der Waals surface area contributed by atoms with Crippen LogP contribution in [-0.2, 0) is 9.59 Å². The molecular weight excluding hydrogens is 494 g/mol. The second-order valence-corrected chi connectivity index (χ2v) is 8.82. The molecule has 0 spiro atoms. The Kier molecular flexibility index (Phi) is 6.73. The Hall–Kier alpha value is -1.64. The summed E-state index contributed by atoms with van der Waals surface area (Å²) < 4.78 is 1.91. The molecule has 0 radical (unpaired) electrons. The smallest absolute Gasteiger partial charge is 0.242 e. The molecule has 2 aromatic carbocycles. The molecule has 1 atom stereocenters. The fraction of sp³-hybridized carbons (Fsp3) is 0.211. The van der Waals surface area contributed by atoms with E-state index in [9.17, 15) is 9.59 Å². The summed E-state index contributed by atoms with van der Waals surface area (Å²) in [5, 5.41) is 3.00. The van der Waals surface area contributed by atoms with Gasteiger partial charge in [-0.15, -0.1) is 0 Å². The molecule has 0 saturated carbocycles. The van der Waals surface area contributed by atoms with Gasteiger partial charge in [0.2, 0.25) is 11.8 Å². The summed E-state index contributed by atoms with van der Waals surface area (Å²) in [6.45, 7) is 2.42. The number of rotatable bonds is 5. The van der Waals surface area contributed by atoms with Gasteiger partial charge >= 0.3 is 0 Å². The number of benzene rings is 2. The van der Waals surface area contributed by atoms with E-state index in [1.165, 1.54) is 11.8 Å². The number of amidine groups is 1. The van der Waals surface area contributed by atoms with Gasteiger partial charge in [0.15, 0.2) is 5.17 Å². The lowest BCUT2D eigenvalue weighted by atomic mass is 10.2. The van der Waals surface area contributed by atoms with Gasteiger partial charge in [0, 0.05) is 27.6 Å². The molecule has 1 saturated heterocycles. The molecular formula is C19H17Br2N3O2S. The fourth-order valence-electron chi connectivity index (χ4n) is 2.56. The molecule has 1 aliphatic heterocycles. The van der Waals surface area contributed by atoms with E-state index in [4.69, 9.17) is 0 Å². The highest BCUT2D eigenvalue weighted by atomic mass is 79.9. The monoisotopic (exact) mass is 509 g/mol. The van der Waals surface area contributed by atoms with Gasteiger partial charge in [-0.1, -0.05) is 43.6 Å². The first-order valence-corrected chi connectivity index (χ1v) is 10.8. The number of nitrogens with zero attached hydrogens (tertiary/aromatic N) is 2. The molecule has 1 fully saturated rings. The average Bonchev–Trinajstić information content (AvgIpc) is 2.93. The Balaban J connectivity index is 1.69. The van der Waals surface area contributed by atoms with Crippen LogP contribution in [0.25, 0.3) is 0 Å². The largest absolute Gasteiger partial charge is 0.326 e. The zero-order chi connectivity index (χ0) is 19.4. The van der Waals surface area contributed by atoms with Crippen molar-refractivity contribution >= 4 is 72.0 Å². The predicted molar refractivity (Wildman–Crippen MR) is 117 cm³/mol. The highest BCUT2D eigenvalue weighted by Gasteiger charge is 2.38. The molecule has 1 aliphatic rings. The zero-order valence-electron chi connectivity index (χ0n) is 14.5. The van der Waals surface area contributed by atoms with Crippen LogP contribution >= 0.6 is 43.6 Å². The third-order valence-electron chi connectivity index (χ3n) is 3.89. The van der Waals surface area contributed by atoms with Crippen molar-refractivity contribution in [2.75, 3.05) is 11.9 Å². The van der Waals surface area contributed by atoms with Crippen molar-refractivity contribution in [1.82, 2.24) is 4.90 Å². The fourth-order valence-corrected chi connectivity index (χ4v) is 4.31. The van der Waals surface area contributed by atoms with Crippen LogP contribution in [0.1, 0.15) is 13.3 Å². The predicted octanol–water partition coefficient (Wildman–Crippen LogP) is 5.19. The van der Waals surface area contributed by atoms with Gasteiger partial charge in [-0.25, -0.2) is 4.99 Å². The highest BCUT2D eigenvalue weighted by molar-refractivity contribution is 9.10. The van der Waals surface area contributed by atoms with Crippen molar-refractivity contribution in [3.05, 3.63) is 57.5 Å². The number of aliphatic imine (C=N–C) groups is 1. The van der Waals surface area contributed by atoms with E-state index in [0.717, 1.165) is 14.6 Å². The van der Waals surface area contributed by atoms with Crippen LogP contribution in [0.15, 0.2) is 62.5 Å². The molecule has 2 amide bonds. The van der Waals surface area contributed by atoms with Gasteiger partial charge in [0.1, 0.15) is 5.25 Å². The van der Waals surface area contributed by atoms with Crippen LogP contribution in [0.2, 0.25) is 0 Å². The Morgan fingerprint density at radius 3 is 2.30 bits per heavy atom. The summed E-state index contributed by atoms with van der Waals surface area (Å²) in [5.41, 5.74) is 1.47. The van der Waals surface area contributed by atoms with Gasteiger partial charge in [-0.3, -0.25) is 14.5 Å². The number of hydrogen-bond acceptors (Lipinski definition) is 4. The van der Waals surface area contributed by atoms with E-state index in [1.807, 2.05) is 55.5 Å². The highest BCUT2D eigenvalue weighted by Crippen LogP contribution is 2.32. The second kappa shape index (κ2) is 9.03. The third kappa shape index (κ3) is 5.21. The van der Waals surface area contributed by atoms with Crippen molar-refractivity contribution in [3.8, 4) is 0 Å². The zero-order valence-corrected chi connectivity index (χ0v) is 18.5. The minimum atomic E-state index is -0.463. The van der Waals surface area contributed by atoms with Crippen molar-refractivity contribution < 1.29 is 9.59 Å². The summed E-state index contributed by atoms with van der Waals surface area (Å²) in [6.07, 6.45) is 0.107. The van der Waals surface area contributed by atoms with Crippen molar-refractivity contribution in [1.29, 1.82) is 0 Å². The van der Waals surface area contributed by atoms with Crippen LogP contribution in [0.3, 0.4) is 0 Å². The molecule has 0 bridgehead atoms. The van der Waals surface area contributed by atoms with Crippen LogP contribution in [0.5, 0.6) is 0 Å². The van der Waals surface area contributed by atoms with Gasteiger partial charge < -0.3 is 5.32 Å². The van der Waals surface area contributed by atoms with Crippen molar-refractivity contribution in [2.24, 2.45) is 4.99 Å². The Labute approximate surface area is 178 Å². The standard InChI is InChI=1S/C19H17Br2N3O2S/c1-2-24-18(26)16(11-17(25)22-14-7-3-12(20)4-8-14)27-19(24)23-15-9-5-13(21)6-10-15/h3-10,16H,2,11H2,1H3,(H,22,25)/t16-/m0/s1. The minimum Gasteiger partial charge on any atom is -0.326 e. The molecule has 2 aromatic rings. The van der Waals surface area contributed by atoms with E-state index >= 15 is 0 Å². The van der Waals surface area contributed by atoms with E-state index in [-0.39, 0.29) is 18.2 Å². The lowest BCUT2D eigenvalue weighted by Gasteiger charge is -2.13. The van der Waals surface area contributed by atoms with Gasteiger partial charge in [-0.05, 0) is 55.5 Å². The van der Waals surface area contributed by atoms with E-state index < -0.39 is 5.25 Å². The lowest BCUT2D eigenvalue weighted by Crippen LogP contribution is -2.33. The number of amides is 2. The first-order chi connectivity index (χ1) is 13.0. The molecule has 1 N–H and O–H groups in total. The molecule has 0 aromatic heterocycles. The molecule has 3 rings (SSSR count). The summed E-state index contributed by atoms with van der Waals surface area (Å²) in [5.74, 6) is -0.270. The SMILES string of the molecule is CCN1C(=O)[C@H](CC(=O)Nc2ccc(Br)cc2)SC1=Nc1ccc(Br)cc1. The molecule has 140 valence electrons. The maximum atomic E-state index is 12.7. The van der Waals surface area contributed by atoms with Crippen molar-refractivity contribution in [2.45, 2.75) is 18.6 Å². The van der Waals surface area contributed by atoms with E-state index in [1.54, 1.807) is 4.90 Å². The third-order valence-corrected chi connectivity index (χ3v) is 6.12. The summed E-state index contributed by atoms with van der Waals surface area (Å²) in [6, 6.07) is 14.9. The number of halogens is 2. The maximum absolute atomic E-state index is 12.7. The van der Waals surface area contributed by atoms with Crippen LogP contribution in [0, 0.1) is 0 Å². The number of carbonyl (C=O) groups excluding carboxylic acids is 2. The first kappa shape index (κ1) is 20.1. The topological polar surface area (TPSA) is 61.8 Å². The van der Waals surface area contributed by atoms with Crippen LogP contribution in [0.4, 0.5) is 11.4 Å². The minimum absolute atomic E-state index is 0.0793. The number of carbonyl (C=O) groups is 2. The normalized spacial score (nSPS) is 18.2. The van der Waals surface area contributed by atoms with Gasteiger partial charge in [0.25, 0.3) is 0 Å². The number of nitrogens with one attached hydrogen (secondary N) is 1. The molecule has 1 heterocycles. The molecule has 0 unspecified atom stereocenters. The van der Waals surface area contributed by atoms with Crippen LogP contribution in [-0.4, -0.2) is 33.7 Å². The quantitative estimate of drug-likeness (QED) is 0.601. The molecule has 5 nitrogen and oxygen atoms in total.